The van der Waals surface area contributed by atoms with E-state index in [0.717, 1.165) is 13.1 Å². The summed E-state index contributed by atoms with van der Waals surface area (Å²) in [6.45, 7) is 4.57. The summed E-state index contributed by atoms with van der Waals surface area (Å²) in [4.78, 5) is 14.0. The minimum Gasteiger partial charge on any atom is -0.355 e. The number of hydrogen-bond donors (Lipinski definition) is 1. The van der Waals surface area contributed by atoms with Crippen molar-refractivity contribution in [2.24, 2.45) is 0 Å². The number of likely N-dealkylation sites (N-methyl/N-ethyl adjacent to an activating group) is 1. The molecule has 3 heteroatoms. The molecule has 1 amide bonds. The highest BCUT2D eigenvalue weighted by atomic mass is 16.2. The van der Waals surface area contributed by atoms with Gasteiger partial charge in [-0.3, -0.25) is 9.69 Å². The van der Waals surface area contributed by atoms with E-state index in [1.807, 2.05) is 43.3 Å². The van der Waals surface area contributed by atoms with Crippen LogP contribution in [0.2, 0.25) is 0 Å². The molecule has 2 aromatic rings. The van der Waals surface area contributed by atoms with Gasteiger partial charge in [0.1, 0.15) is 0 Å². The second-order valence-corrected chi connectivity index (χ2v) is 5.07. The molecule has 2 aromatic carbocycles. The van der Waals surface area contributed by atoms with Crippen molar-refractivity contribution in [1.29, 1.82) is 0 Å². The summed E-state index contributed by atoms with van der Waals surface area (Å²) in [7, 11) is 0. The predicted molar refractivity (Wildman–Crippen MR) is 85.7 cm³/mol. The first-order valence-electron chi connectivity index (χ1n) is 7.35. The molecular weight excluding hydrogens is 260 g/mol. The Kier molecular flexibility index (Phi) is 5.98. The summed E-state index contributed by atoms with van der Waals surface area (Å²) < 4.78 is 0. The molecule has 21 heavy (non-hydrogen) atoms. The van der Waals surface area contributed by atoms with Gasteiger partial charge in [-0.1, -0.05) is 60.7 Å². The largest absolute Gasteiger partial charge is 0.355 e. The van der Waals surface area contributed by atoms with Crippen LogP contribution >= 0.6 is 0 Å². The van der Waals surface area contributed by atoms with Crippen molar-refractivity contribution in [2.75, 3.05) is 13.1 Å². The Morgan fingerprint density at radius 2 is 1.38 bits per heavy atom. The number of hydrogen-bond acceptors (Lipinski definition) is 2. The average molecular weight is 282 g/mol. The first-order chi connectivity index (χ1) is 10.3. The van der Waals surface area contributed by atoms with Crippen LogP contribution in [0.15, 0.2) is 60.7 Å². The van der Waals surface area contributed by atoms with Gasteiger partial charge >= 0.3 is 0 Å². The molecule has 0 spiro atoms. The van der Waals surface area contributed by atoms with Gasteiger partial charge in [0.25, 0.3) is 0 Å². The summed E-state index contributed by atoms with van der Waals surface area (Å²) in [6, 6.07) is 20.5. The van der Waals surface area contributed by atoms with Crippen LogP contribution in [0.1, 0.15) is 18.1 Å². The van der Waals surface area contributed by atoms with Gasteiger partial charge in [0.2, 0.25) is 5.91 Å². The van der Waals surface area contributed by atoms with Crippen molar-refractivity contribution >= 4 is 5.91 Å². The summed E-state index contributed by atoms with van der Waals surface area (Å²) in [5, 5.41) is 2.87. The Labute approximate surface area is 126 Å². The third-order valence-electron chi connectivity index (χ3n) is 3.24. The van der Waals surface area contributed by atoms with Crippen LogP contribution in [0.3, 0.4) is 0 Å². The highest BCUT2D eigenvalue weighted by Crippen LogP contribution is 2.09. The standard InChI is InChI=1S/C18H22N2O/c1-2-19-18(21)15-20(13-16-9-5-3-6-10-16)14-17-11-7-4-8-12-17/h3-12H,2,13-15H2,1H3,(H,19,21). The number of benzene rings is 2. The fourth-order valence-corrected chi connectivity index (χ4v) is 2.31. The highest BCUT2D eigenvalue weighted by molar-refractivity contribution is 5.77. The van der Waals surface area contributed by atoms with Gasteiger partial charge in [-0.2, -0.15) is 0 Å². The average Bonchev–Trinajstić information content (AvgIpc) is 2.49. The summed E-state index contributed by atoms with van der Waals surface area (Å²) in [5.74, 6) is 0.0735. The Morgan fingerprint density at radius 3 is 1.81 bits per heavy atom. The van der Waals surface area contributed by atoms with Crippen molar-refractivity contribution in [3.05, 3.63) is 71.8 Å². The Balaban J connectivity index is 2.04. The molecule has 0 atom stereocenters. The van der Waals surface area contributed by atoms with E-state index >= 15 is 0 Å². The van der Waals surface area contributed by atoms with Crippen LogP contribution in [0.4, 0.5) is 0 Å². The maximum atomic E-state index is 11.9. The van der Waals surface area contributed by atoms with Crippen LogP contribution in [-0.4, -0.2) is 23.9 Å². The summed E-state index contributed by atoms with van der Waals surface area (Å²) >= 11 is 0. The van der Waals surface area contributed by atoms with Crippen LogP contribution in [0.5, 0.6) is 0 Å². The molecule has 0 fully saturated rings. The van der Waals surface area contributed by atoms with Crippen molar-refractivity contribution in [3.63, 3.8) is 0 Å². The molecule has 0 aromatic heterocycles. The van der Waals surface area contributed by atoms with Crippen molar-refractivity contribution in [3.8, 4) is 0 Å². The van der Waals surface area contributed by atoms with Crippen LogP contribution < -0.4 is 5.32 Å². The second kappa shape index (κ2) is 8.22. The molecule has 0 bridgehead atoms. The van der Waals surface area contributed by atoms with E-state index in [-0.39, 0.29) is 5.91 Å². The molecule has 0 heterocycles. The zero-order valence-corrected chi connectivity index (χ0v) is 12.5. The summed E-state index contributed by atoms with van der Waals surface area (Å²) in [6.07, 6.45) is 0. The fourth-order valence-electron chi connectivity index (χ4n) is 2.31. The van der Waals surface area contributed by atoms with E-state index in [1.165, 1.54) is 11.1 Å². The third-order valence-corrected chi connectivity index (χ3v) is 3.24. The Morgan fingerprint density at radius 1 is 0.905 bits per heavy atom. The monoisotopic (exact) mass is 282 g/mol. The van der Waals surface area contributed by atoms with Gasteiger partial charge in [-0.25, -0.2) is 0 Å². The topological polar surface area (TPSA) is 32.3 Å². The zero-order chi connectivity index (χ0) is 14.9. The minimum absolute atomic E-state index is 0.0735. The lowest BCUT2D eigenvalue weighted by molar-refractivity contribution is -0.122. The number of carbonyl (C=O) groups is 1. The van der Waals surface area contributed by atoms with Crippen molar-refractivity contribution in [1.82, 2.24) is 10.2 Å². The molecule has 0 radical (unpaired) electrons. The van der Waals surface area contributed by atoms with Crippen LogP contribution in [0, 0.1) is 0 Å². The third kappa shape index (κ3) is 5.40. The van der Waals surface area contributed by atoms with E-state index in [0.29, 0.717) is 13.1 Å². The Bertz CT molecular complexity index is 498. The van der Waals surface area contributed by atoms with E-state index in [2.05, 4.69) is 34.5 Å². The predicted octanol–water partition coefficient (Wildman–Crippen LogP) is 2.82. The van der Waals surface area contributed by atoms with E-state index in [1.54, 1.807) is 0 Å². The maximum absolute atomic E-state index is 11.9. The number of carbonyl (C=O) groups excluding carboxylic acids is 1. The summed E-state index contributed by atoms with van der Waals surface area (Å²) in [5.41, 5.74) is 2.44. The number of rotatable bonds is 7. The molecule has 110 valence electrons. The Hall–Kier alpha value is -2.13. The van der Waals surface area contributed by atoms with E-state index < -0.39 is 0 Å². The van der Waals surface area contributed by atoms with Gasteiger partial charge < -0.3 is 5.32 Å². The molecule has 1 N–H and O–H groups in total. The maximum Gasteiger partial charge on any atom is 0.234 e. The van der Waals surface area contributed by atoms with E-state index in [4.69, 9.17) is 0 Å². The molecule has 0 aliphatic rings. The smallest absolute Gasteiger partial charge is 0.234 e. The molecule has 0 aliphatic carbocycles. The van der Waals surface area contributed by atoms with E-state index in [9.17, 15) is 4.79 Å². The number of nitrogens with zero attached hydrogens (tertiary/aromatic N) is 1. The van der Waals surface area contributed by atoms with Gasteiger partial charge in [0.05, 0.1) is 6.54 Å². The lowest BCUT2D eigenvalue weighted by Crippen LogP contribution is -2.36. The molecular formula is C18H22N2O. The fraction of sp³-hybridized carbons (Fsp3) is 0.278. The molecule has 2 rings (SSSR count). The SMILES string of the molecule is CCNC(=O)CN(Cc1ccccc1)Cc1ccccc1. The van der Waals surface area contributed by atoms with Crippen LogP contribution in [0.25, 0.3) is 0 Å². The first kappa shape index (κ1) is 15.3. The normalized spacial score (nSPS) is 10.6. The molecule has 0 saturated heterocycles. The lowest BCUT2D eigenvalue weighted by Gasteiger charge is -2.22. The van der Waals surface area contributed by atoms with Gasteiger partial charge in [-0.15, -0.1) is 0 Å². The number of nitrogens with one attached hydrogen (secondary N) is 1. The second-order valence-electron chi connectivity index (χ2n) is 5.07. The minimum atomic E-state index is 0.0735. The van der Waals surface area contributed by atoms with Gasteiger partial charge in [-0.05, 0) is 18.1 Å². The molecule has 0 aliphatic heterocycles. The van der Waals surface area contributed by atoms with Crippen LogP contribution in [-0.2, 0) is 17.9 Å². The van der Waals surface area contributed by atoms with Gasteiger partial charge in [0, 0.05) is 19.6 Å². The van der Waals surface area contributed by atoms with Crippen molar-refractivity contribution in [2.45, 2.75) is 20.0 Å². The quantitative estimate of drug-likeness (QED) is 0.847. The molecule has 0 saturated carbocycles. The first-order valence-corrected chi connectivity index (χ1v) is 7.35. The van der Waals surface area contributed by atoms with Crippen molar-refractivity contribution < 1.29 is 4.79 Å². The zero-order valence-electron chi connectivity index (χ0n) is 12.5. The lowest BCUT2D eigenvalue weighted by atomic mass is 10.1. The molecule has 3 nitrogen and oxygen atoms in total. The highest BCUT2D eigenvalue weighted by Gasteiger charge is 2.11. The molecule has 0 unspecified atom stereocenters. The number of amides is 1. The van der Waals surface area contributed by atoms with Gasteiger partial charge in [0.15, 0.2) is 0 Å².